The summed E-state index contributed by atoms with van der Waals surface area (Å²) in [6.07, 6.45) is 1.62. The molecule has 3 aromatic carbocycles. The van der Waals surface area contributed by atoms with Crippen LogP contribution >= 0.6 is 8.53 Å². The van der Waals surface area contributed by atoms with Gasteiger partial charge in [-0.15, -0.1) is 0 Å². The highest BCUT2D eigenvalue weighted by atomic mass is 31.2. The van der Waals surface area contributed by atoms with Crippen molar-refractivity contribution >= 4 is 20.6 Å². The van der Waals surface area contributed by atoms with E-state index in [0.29, 0.717) is 11.5 Å². The van der Waals surface area contributed by atoms with Gasteiger partial charge in [0, 0.05) is 30.8 Å². The molecule has 0 saturated carbocycles. The Kier molecular flexibility index (Phi) is 15.6. The fraction of sp³-hybridized carbons (Fsp3) is 0.395. The maximum Gasteiger partial charge on any atom is 0.330 e. The molecule has 2 heterocycles. The van der Waals surface area contributed by atoms with Crippen molar-refractivity contribution in [3.05, 3.63) is 134 Å². The first kappa shape index (κ1) is 44.0. The number of H-pyrrole nitrogens is 1. The minimum absolute atomic E-state index is 0.0165. The molecule has 58 heavy (non-hydrogen) atoms. The van der Waals surface area contributed by atoms with E-state index < -0.39 is 49.8 Å². The monoisotopic (exact) mass is 814 g/mol. The van der Waals surface area contributed by atoms with E-state index >= 15 is 0 Å². The minimum Gasteiger partial charge on any atom is -0.497 e. The molecule has 0 bridgehead atoms. The number of aromatic amines is 1. The van der Waals surface area contributed by atoms with Crippen LogP contribution in [0, 0.1) is 11.3 Å². The summed E-state index contributed by atoms with van der Waals surface area (Å²) >= 11 is 0. The number of aromatic nitrogens is 2. The smallest absolute Gasteiger partial charge is 0.330 e. The van der Waals surface area contributed by atoms with Crippen LogP contribution in [0.15, 0.2) is 101 Å². The molecule has 4 atom stereocenters. The average molecular weight is 815 g/mol. The summed E-state index contributed by atoms with van der Waals surface area (Å²) in [7, 11) is 2.70. The third-order valence-electron chi connectivity index (χ3n) is 9.61. The van der Waals surface area contributed by atoms with E-state index in [2.05, 4.69) is 20.5 Å². The fourth-order valence-electron chi connectivity index (χ4n) is 6.88. The van der Waals surface area contributed by atoms with E-state index in [-0.39, 0.29) is 43.7 Å². The molecule has 308 valence electrons. The first-order chi connectivity index (χ1) is 27.9. The molecule has 0 aliphatic carbocycles. The highest BCUT2D eigenvalue weighted by Crippen LogP contribution is 2.50. The van der Waals surface area contributed by atoms with E-state index in [9.17, 15) is 19.6 Å². The summed E-state index contributed by atoms with van der Waals surface area (Å²) in [4.78, 5) is 40.4. The van der Waals surface area contributed by atoms with Crippen LogP contribution in [0.5, 0.6) is 11.5 Å². The van der Waals surface area contributed by atoms with Crippen molar-refractivity contribution in [1.82, 2.24) is 14.2 Å². The Morgan fingerprint density at radius 3 is 2.07 bits per heavy atom. The number of hydrogen-bond acceptors (Lipinski definition) is 12. The molecule has 14 nitrogen and oxygen atoms in total. The second-order valence-electron chi connectivity index (χ2n) is 14.0. The van der Waals surface area contributed by atoms with Gasteiger partial charge in [0.2, 0.25) is 0 Å². The zero-order chi connectivity index (χ0) is 41.8. The summed E-state index contributed by atoms with van der Waals surface area (Å²) in [6, 6.07) is 27.3. The van der Waals surface area contributed by atoms with Crippen LogP contribution in [0.4, 0.5) is 0 Å². The number of nitrogens with one attached hydrogen (secondary N) is 1. The zero-order valence-electron chi connectivity index (χ0n) is 33.8. The first-order valence-electron chi connectivity index (χ1n) is 19.0. The minimum atomic E-state index is -1.74. The van der Waals surface area contributed by atoms with Gasteiger partial charge in [0.05, 0.1) is 58.7 Å². The summed E-state index contributed by atoms with van der Waals surface area (Å²) in [5.41, 5.74) is -0.0869. The summed E-state index contributed by atoms with van der Waals surface area (Å²) in [5.74, 6) is 0.681. The van der Waals surface area contributed by atoms with Crippen molar-refractivity contribution in [3.8, 4) is 17.6 Å². The maximum atomic E-state index is 13.4. The predicted molar refractivity (Wildman–Crippen MR) is 219 cm³/mol. The summed E-state index contributed by atoms with van der Waals surface area (Å²) in [6.45, 7) is 8.29. The first-order valence-corrected chi connectivity index (χ1v) is 20.1. The predicted octanol–water partition coefficient (Wildman–Crippen LogP) is 6.70. The number of methoxy groups -OCH3 is 3. The Bertz CT molecular complexity index is 2080. The molecule has 1 aromatic heterocycles. The van der Waals surface area contributed by atoms with E-state index in [1.807, 2.05) is 107 Å². The quantitative estimate of drug-likeness (QED) is 0.0351. The molecule has 0 radical (unpaired) electrons. The Morgan fingerprint density at radius 2 is 1.53 bits per heavy atom. The molecule has 0 spiro atoms. The Labute approximate surface area is 339 Å². The van der Waals surface area contributed by atoms with Crippen molar-refractivity contribution in [2.24, 2.45) is 0 Å². The van der Waals surface area contributed by atoms with Gasteiger partial charge in [0.25, 0.3) is 14.1 Å². The second kappa shape index (κ2) is 20.5. The number of ether oxygens (including phenoxy) is 5. The normalized spacial score (nSPS) is 17.5. The highest BCUT2D eigenvalue weighted by Gasteiger charge is 2.45. The largest absolute Gasteiger partial charge is 0.497 e. The standard InChI is InChI=1S/C43H51N4O10P/c1-29(2)47(30(3)4)58(55-25-11-24-44)57-37-26-39(46-27-31(14-23-40(48)53-7)41(49)45-42(46)50)56-38(37)28-54-43(32-12-9-8-10-13-32,33-15-19-35(51-5)20-16-33)34-17-21-36(52-6)22-18-34/h8-10,12-23,27,29-30,37-39H,11,25-26,28H2,1-7H3,(H,45,49,50)/b23-14+/t37-,38+,39+,58?/m0/s1. The molecule has 1 unspecified atom stereocenters. The fourth-order valence-corrected chi connectivity index (χ4v) is 8.64. The number of hydrogen-bond donors (Lipinski definition) is 1. The van der Waals surface area contributed by atoms with Gasteiger partial charge in [0.15, 0.2) is 0 Å². The molecule has 0 amide bonds. The molecule has 4 aromatic rings. The van der Waals surface area contributed by atoms with Crippen LogP contribution in [0.3, 0.4) is 0 Å². The van der Waals surface area contributed by atoms with Crippen molar-refractivity contribution in [2.45, 2.75) is 76.7 Å². The number of esters is 1. The lowest BCUT2D eigenvalue weighted by Gasteiger charge is -2.39. The van der Waals surface area contributed by atoms with Crippen LogP contribution in [0.1, 0.15) is 69.0 Å². The van der Waals surface area contributed by atoms with Crippen LogP contribution < -0.4 is 20.7 Å². The van der Waals surface area contributed by atoms with Crippen LogP contribution in [0.25, 0.3) is 6.08 Å². The lowest BCUT2D eigenvalue weighted by molar-refractivity contribution is -0.134. The van der Waals surface area contributed by atoms with Gasteiger partial charge in [0.1, 0.15) is 29.4 Å². The number of carbonyl (C=O) groups is 1. The van der Waals surface area contributed by atoms with Crippen molar-refractivity contribution in [1.29, 1.82) is 5.26 Å². The molecule has 15 heteroatoms. The van der Waals surface area contributed by atoms with Crippen LogP contribution in [0.2, 0.25) is 0 Å². The van der Waals surface area contributed by atoms with Gasteiger partial charge >= 0.3 is 11.7 Å². The van der Waals surface area contributed by atoms with Gasteiger partial charge in [-0.1, -0.05) is 54.6 Å². The third kappa shape index (κ3) is 10.3. The van der Waals surface area contributed by atoms with Gasteiger partial charge in [-0.2, -0.15) is 5.26 Å². The molecule has 1 N–H and O–H groups in total. The number of nitriles is 1. The maximum absolute atomic E-state index is 13.4. The topological polar surface area (TPSA) is 164 Å². The van der Waals surface area contributed by atoms with E-state index in [0.717, 1.165) is 22.8 Å². The molecule has 1 saturated heterocycles. The molecular weight excluding hydrogens is 763 g/mol. The van der Waals surface area contributed by atoms with Gasteiger partial charge < -0.3 is 32.7 Å². The Hall–Kier alpha value is -5.13. The SMILES string of the molecule is COC(=O)/C=C/c1cn([C@H]2C[C@H](OP(OCCC#N)N(C(C)C)C(C)C)[C@@H](COC(c3ccccc3)(c3ccc(OC)cc3)c3ccc(OC)cc3)O2)c(=O)[nH]c1=O. The van der Waals surface area contributed by atoms with E-state index in [1.165, 1.54) is 23.9 Å². The third-order valence-corrected chi connectivity index (χ3v) is 11.8. The molecule has 5 rings (SSSR count). The number of nitrogens with zero attached hydrogens (tertiary/aromatic N) is 3. The Morgan fingerprint density at radius 1 is 0.948 bits per heavy atom. The summed E-state index contributed by atoms with van der Waals surface area (Å²) in [5, 5.41) is 9.34. The van der Waals surface area contributed by atoms with Crippen molar-refractivity contribution < 1.29 is 37.5 Å². The van der Waals surface area contributed by atoms with Gasteiger partial charge in [-0.3, -0.25) is 14.3 Å². The number of benzene rings is 3. The lowest BCUT2D eigenvalue weighted by Crippen LogP contribution is -2.39. The average Bonchev–Trinajstić information content (AvgIpc) is 3.62. The van der Waals surface area contributed by atoms with Crippen molar-refractivity contribution in [2.75, 3.05) is 34.5 Å². The second-order valence-corrected chi connectivity index (χ2v) is 15.4. The molecular formula is C43H51N4O10P. The summed E-state index contributed by atoms with van der Waals surface area (Å²) < 4.78 is 46.2. The molecule has 1 aliphatic heterocycles. The lowest BCUT2D eigenvalue weighted by atomic mass is 9.80. The molecule has 1 aliphatic rings. The Balaban J connectivity index is 1.62. The van der Waals surface area contributed by atoms with Crippen LogP contribution in [-0.2, 0) is 33.7 Å². The zero-order valence-corrected chi connectivity index (χ0v) is 34.7. The number of carbonyl (C=O) groups excluding carboxylic acids is 1. The number of rotatable bonds is 19. The van der Waals surface area contributed by atoms with E-state index in [4.69, 9.17) is 28.0 Å². The van der Waals surface area contributed by atoms with E-state index in [1.54, 1.807) is 14.2 Å². The van der Waals surface area contributed by atoms with Gasteiger partial charge in [-0.05, 0) is 74.7 Å². The highest BCUT2D eigenvalue weighted by molar-refractivity contribution is 7.44. The van der Waals surface area contributed by atoms with Gasteiger partial charge in [-0.25, -0.2) is 14.3 Å². The van der Waals surface area contributed by atoms with Crippen molar-refractivity contribution in [3.63, 3.8) is 0 Å². The van der Waals surface area contributed by atoms with Crippen LogP contribution in [-0.4, -0.2) is 79.0 Å². The molecule has 1 fully saturated rings.